The summed E-state index contributed by atoms with van der Waals surface area (Å²) in [6.07, 6.45) is -14.4. The fourth-order valence-electron chi connectivity index (χ4n) is 8.31. The van der Waals surface area contributed by atoms with Crippen LogP contribution in [0.1, 0.15) is 69.4 Å². The van der Waals surface area contributed by atoms with Gasteiger partial charge >= 0.3 is 24.7 Å². The maximum absolute atomic E-state index is 13.1. The molecule has 344 valence electrons. The monoisotopic (exact) mass is 914 g/mol. The fourth-order valence-corrected chi connectivity index (χ4v) is 8.31. The Balaban J connectivity index is 0.000000191. The number of aromatic nitrogens is 2. The molecule has 0 N–H and O–H groups in total. The number of amides is 2. The topological polar surface area (TPSA) is 72.9 Å². The number of aryl methyl sites for hydroxylation is 2. The molecule has 2 amide bonds. The van der Waals surface area contributed by atoms with Crippen molar-refractivity contribution < 1.29 is 62.3 Å². The van der Waals surface area contributed by atoms with E-state index in [0.29, 0.717) is 87.7 Å². The Hall–Kier alpha value is -5.56. The molecule has 4 aliphatic rings. The molecule has 64 heavy (non-hydrogen) atoms. The van der Waals surface area contributed by atoms with Crippen LogP contribution in [0, 0.1) is 25.7 Å². The number of carbonyl (C=O) groups excluding carboxylic acids is 2. The highest BCUT2D eigenvalue weighted by Crippen LogP contribution is 2.50. The van der Waals surface area contributed by atoms with E-state index in [1.807, 2.05) is 9.80 Å². The van der Waals surface area contributed by atoms with E-state index in [-0.39, 0.29) is 35.5 Å². The number of anilines is 2. The van der Waals surface area contributed by atoms with Gasteiger partial charge in [0.1, 0.15) is 11.4 Å². The van der Waals surface area contributed by atoms with Crippen LogP contribution < -0.4 is 9.80 Å². The van der Waals surface area contributed by atoms with E-state index in [9.17, 15) is 62.3 Å². The van der Waals surface area contributed by atoms with Crippen LogP contribution in [0.4, 0.5) is 64.1 Å². The first-order valence-electron chi connectivity index (χ1n) is 20.4. The highest BCUT2D eigenvalue weighted by Gasteiger charge is 2.48. The Labute approximate surface area is 359 Å². The molecule has 0 spiro atoms. The lowest BCUT2D eigenvalue weighted by Gasteiger charge is -2.37. The number of piperazine rings is 2. The molecular weight excluding hydrogens is 872 g/mol. The number of alkyl halides is 12. The van der Waals surface area contributed by atoms with Gasteiger partial charge < -0.3 is 19.6 Å². The molecule has 2 aliphatic heterocycles. The second-order valence-electron chi connectivity index (χ2n) is 16.5. The average Bonchev–Trinajstić information content (AvgIpc) is 4.18. The van der Waals surface area contributed by atoms with Crippen LogP contribution in [0.15, 0.2) is 73.1 Å². The Morgan fingerprint density at radius 2 is 0.828 bits per heavy atom. The van der Waals surface area contributed by atoms with Crippen molar-refractivity contribution in [1.82, 2.24) is 19.8 Å². The van der Waals surface area contributed by atoms with Crippen molar-refractivity contribution in [3.63, 3.8) is 0 Å². The van der Waals surface area contributed by atoms with Crippen molar-refractivity contribution in [2.75, 3.05) is 62.2 Å². The Morgan fingerprint density at radius 3 is 1.11 bits per heavy atom. The smallest absolute Gasteiger partial charge is 0.368 e. The second kappa shape index (κ2) is 17.4. The van der Waals surface area contributed by atoms with Gasteiger partial charge in [0.15, 0.2) is 0 Å². The number of nitrogens with zero attached hydrogens (tertiary/aromatic N) is 6. The molecule has 4 atom stereocenters. The third-order valence-corrected chi connectivity index (χ3v) is 12.2. The van der Waals surface area contributed by atoms with E-state index < -0.39 is 47.2 Å². The fraction of sp³-hybridized carbons (Fsp3) is 0.455. The highest BCUT2D eigenvalue weighted by molar-refractivity contribution is 5.84. The van der Waals surface area contributed by atoms with Gasteiger partial charge in [-0.3, -0.25) is 19.6 Å². The van der Waals surface area contributed by atoms with Crippen molar-refractivity contribution >= 4 is 23.2 Å². The van der Waals surface area contributed by atoms with Gasteiger partial charge in [0, 0.05) is 88.0 Å². The normalized spacial score (nSPS) is 21.6. The van der Waals surface area contributed by atoms with Gasteiger partial charge in [-0.25, -0.2) is 0 Å². The molecule has 4 heterocycles. The maximum atomic E-state index is 13.1. The Bertz CT molecular complexity index is 2150. The van der Waals surface area contributed by atoms with E-state index in [1.54, 1.807) is 23.6 Å². The summed E-state index contributed by atoms with van der Waals surface area (Å²) in [6, 6.07) is 11.9. The molecule has 2 aromatic carbocycles. The average molecular weight is 915 g/mol. The zero-order valence-corrected chi connectivity index (χ0v) is 34.3. The number of rotatable bonds is 6. The molecular formula is C44H42F12N6O2. The summed E-state index contributed by atoms with van der Waals surface area (Å²) in [6.45, 7) is 6.65. The SMILES string of the molecule is Cc1ccc(C(F)(F)F)cc1N1CCN(C(=O)[C@@H]2C[C@@H]2c2ccc(C(F)(F)F)nc2)CC1.Cc1ccc(C(F)(F)F)cc1N1CCN(C(=O)[C@H]2C[C@H]2c2ccc(C(F)(F)F)nc2)CC1. The van der Waals surface area contributed by atoms with Crippen LogP contribution in [0.3, 0.4) is 0 Å². The Kier molecular flexibility index (Phi) is 12.7. The minimum Gasteiger partial charge on any atom is -0.368 e. The molecule has 2 aromatic heterocycles. The number of halogens is 12. The molecule has 0 unspecified atom stereocenters. The number of pyridine rings is 2. The molecule has 4 aromatic rings. The van der Waals surface area contributed by atoms with Gasteiger partial charge in [0.2, 0.25) is 11.8 Å². The summed E-state index contributed by atoms with van der Waals surface area (Å²) < 4.78 is 154. The minimum atomic E-state index is -4.51. The van der Waals surface area contributed by atoms with E-state index in [0.717, 1.165) is 47.5 Å². The zero-order valence-electron chi connectivity index (χ0n) is 34.3. The number of benzene rings is 2. The van der Waals surface area contributed by atoms with Crippen LogP contribution in [-0.4, -0.2) is 83.9 Å². The largest absolute Gasteiger partial charge is 0.433 e. The van der Waals surface area contributed by atoms with E-state index in [2.05, 4.69) is 9.97 Å². The van der Waals surface area contributed by atoms with Crippen molar-refractivity contribution in [3.05, 3.63) is 118 Å². The van der Waals surface area contributed by atoms with Crippen LogP contribution in [0.2, 0.25) is 0 Å². The number of hydrogen-bond acceptors (Lipinski definition) is 6. The first-order valence-corrected chi connectivity index (χ1v) is 20.4. The quantitative estimate of drug-likeness (QED) is 0.180. The molecule has 2 saturated carbocycles. The summed E-state index contributed by atoms with van der Waals surface area (Å²) in [5.74, 6) is -1.04. The van der Waals surface area contributed by atoms with E-state index in [4.69, 9.17) is 0 Å². The van der Waals surface area contributed by atoms with Crippen LogP contribution in [0.25, 0.3) is 0 Å². The molecule has 2 saturated heterocycles. The summed E-state index contributed by atoms with van der Waals surface area (Å²) in [7, 11) is 0. The van der Waals surface area contributed by atoms with Gasteiger partial charge in [-0.15, -0.1) is 0 Å². The van der Waals surface area contributed by atoms with Crippen LogP contribution >= 0.6 is 0 Å². The van der Waals surface area contributed by atoms with Gasteiger partial charge in [-0.05, 0) is 97.2 Å². The van der Waals surface area contributed by atoms with Gasteiger partial charge in [-0.1, -0.05) is 24.3 Å². The lowest BCUT2D eigenvalue weighted by molar-refractivity contribution is -0.142. The first-order chi connectivity index (χ1) is 29.9. The molecule has 0 bridgehead atoms. The third-order valence-electron chi connectivity index (χ3n) is 12.2. The zero-order chi connectivity index (χ0) is 46.5. The van der Waals surface area contributed by atoms with E-state index >= 15 is 0 Å². The van der Waals surface area contributed by atoms with Crippen molar-refractivity contribution in [2.45, 2.75) is 63.2 Å². The summed E-state index contributed by atoms with van der Waals surface area (Å²) in [5.41, 5.74) is 0.342. The molecule has 8 nitrogen and oxygen atoms in total. The third kappa shape index (κ3) is 10.5. The lowest BCUT2D eigenvalue weighted by Crippen LogP contribution is -2.49. The maximum Gasteiger partial charge on any atom is 0.433 e. The molecule has 8 rings (SSSR count). The van der Waals surface area contributed by atoms with Gasteiger partial charge in [0.25, 0.3) is 0 Å². The molecule has 0 radical (unpaired) electrons. The van der Waals surface area contributed by atoms with Gasteiger partial charge in [0.05, 0.1) is 11.1 Å². The van der Waals surface area contributed by atoms with Crippen LogP contribution in [-0.2, 0) is 34.3 Å². The predicted molar refractivity (Wildman–Crippen MR) is 210 cm³/mol. The molecule has 2 aliphatic carbocycles. The van der Waals surface area contributed by atoms with Crippen LogP contribution in [0.5, 0.6) is 0 Å². The van der Waals surface area contributed by atoms with Crippen molar-refractivity contribution in [2.24, 2.45) is 11.8 Å². The molecule has 20 heteroatoms. The summed E-state index contributed by atoms with van der Waals surface area (Å²) in [4.78, 5) is 39.6. The lowest BCUT2D eigenvalue weighted by atomic mass is 10.1. The highest BCUT2D eigenvalue weighted by atomic mass is 19.4. The number of carbonyl (C=O) groups is 2. The standard InChI is InChI=1S/2C22H21F6N3O/c2*1-13-2-4-15(21(23,24)25)10-18(13)30-6-8-31(9-7-30)20(32)17-11-16(17)14-3-5-19(29-12-14)22(26,27)28/h2*2-5,10,12,16-17H,6-9,11H2,1H3/t2*16-,17-/m10/s1. The molecule has 4 fully saturated rings. The first kappa shape index (κ1) is 46.4. The minimum absolute atomic E-state index is 0.0738. The van der Waals surface area contributed by atoms with E-state index in [1.165, 1.54) is 36.7 Å². The predicted octanol–water partition coefficient (Wildman–Crippen LogP) is 9.76. The van der Waals surface area contributed by atoms with Crippen molar-refractivity contribution in [1.29, 1.82) is 0 Å². The summed E-state index contributed by atoms with van der Waals surface area (Å²) >= 11 is 0. The van der Waals surface area contributed by atoms with Gasteiger partial charge in [-0.2, -0.15) is 52.7 Å². The summed E-state index contributed by atoms with van der Waals surface area (Å²) in [5, 5.41) is 0. The second-order valence-corrected chi connectivity index (χ2v) is 16.5. The Morgan fingerprint density at radius 1 is 0.484 bits per heavy atom. The van der Waals surface area contributed by atoms with Crippen molar-refractivity contribution in [3.8, 4) is 0 Å². The number of hydrogen-bond donors (Lipinski definition) is 0.